The highest BCUT2D eigenvalue weighted by Gasteiger charge is 2.17. The molecule has 0 unspecified atom stereocenters. The smallest absolute Gasteiger partial charge is 0.224 e. The van der Waals surface area contributed by atoms with Crippen LogP contribution in [-0.2, 0) is 11.2 Å². The fraction of sp³-hybridized carbons (Fsp3) is 0.588. The lowest BCUT2D eigenvalue weighted by molar-refractivity contribution is -0.116. The van der Waals surface area contributed by atoms with E-state index in [1.165, 1.54) is 38.5 Å². The van der Waals surface area contributed by atoms with E-state index in [9.17, 15) is 4.79 Å². The first kappa shape index (κ1) is 14.2. The number of anilines is 3. The molecule has 1 aliphatic carbocycles. The number of carbonyl (C=O) groups is 1. The van der Waals surface area contributed by atoms with E-state index in [0.29, 0.717) is 6.42 Å². The summed E-state index contributed by atoms with van der Waals surface area (Å²) in [5, 5.41) is 6.38. The number of nitrogens with one attached hydrogen (secondary N) is 2. The van der Waals surface area contributed by atoms with Crippen LogP contribution in [0.4, 0.5) is 17.1 Å². The summed E-state index contributed by atoms with van der Waals surface area (Å²) >= 11 is 0. The molecule has 4 nitrogen and oxygen atoms in total. The molecule has 0 bridgehead atoms. The van der Waals surface area contributed by atoms with Gasteiger partial charge in [-0.05, 0) is 36.5 Å². The molecule has 0 spiro atoms. The maximum Gasteiger partial charge on any atom is 0.224 e. The van der Waals surface area contributed by atoms with Crippen LogP contribution in [0, 0.1) is 5.92 Å². The standard InChI is InChI=1S/C17H25N3O/c18-14-10-13-6-7-17(21)20-15(13)11-16(14)19-9-8-12-4-2-1-3-5-12/h10-12,19H,1-9,18H2,(H,20,21). The van der Waals surface area contributed by atoms with Gasteiger partial charge in [-0.2, -0.15) is 0 Å². The molecular weight excluding hydrogens is 262 g/mol. The largest absolute Gasteiger partial charge is 0.397 e. The number of aryl methyl sites for hydroxylation is 1. The monoisotopic (exact) mass is 287 g/mol. The molecule has 114 valence electrons. The van der Waals surface area contributed by atoms with E-state index in [4.69, 9.17) is 5.73 Å². The Kier molecular flexibility index (Phi) is 4.32. The third kappa shape index (κ3) is 3.49. The molecule has 1 saturated carbocycles. The van der Waals surface area contributed by atoms with Gasteiger partial charge in [0.25, 0.3) is 0 Å². The molecule has 0 radical (unpaired) electrons. The van der Waals surface area contributed by atoms with Crippen LogP contribution in [0.25, 0.3) is 0 Å². The van der Waals surface area contributed by atoms with Crippen LogP contribution in [0.2, 0.25) is 0 Å². The Morgan fingerprint density at radius 1 is 1.19 bits per heavy atom. The Morgan fingerprint density at radius 3 is 2.81 bits per heavy atom. The molecule has 0 atom stereocenters. The summed E-state index contributed by atoms with van der Waals surface area (Å²) in [6.07, 6.45) is 9.48. The fourth-order valence-electron chi connectivity index (χ4n) is 3.49. The number of hydrogen-bond acceptors (Lipinski definition) is 3. The average Bonchev–Trinajstić information content (AvgIpc) is 2.49. The maximum absolute atomic E-state index is 11.5. The molecule has 4 heteroatoms. The van der Waals surface area contributed by atoms with Gasteiger partial charge in [0.2, 0.25) is 5.91 Å². The molecule has 1 aromatic rings. The Morgan fingerprint density at radius 2 is 2.00 bits per heavy atom. The summed E-state index contributed by atoms with van der Waals surface area (Å²) in [7, 11) is 0. The zero-order chi connectivity index (χ0) is 14.7. The first-order chi connectivity index (χ1) is 10.2. The number of benzene rings is 1. The number of nitrogens with two attached hydrogens (primary N) is 1. The summed E-state index contributed by atoms with van der Waals surface area (Å²) in [4.78, 5) is 11.5. The number of hydrogen-bond donors (Lipinski definition) is 3. The molecule has 1 amide bonds. The quantitative estimate of drug-likeness (QED) is 0.742. The minimum Gasteiger partial charge on any atom is -0.397 e. The predicted octanol–water partition coefficient (Wildman–Crippen LogP) is 3.54. The number of nitrogen functional groups attached to an aromatic ring is 1. The molecule has 1 heterocycles. The lowest BCUT2D eigenvalue weighted by Gasteiger charge is -2.23. The van der Waals surface area contributed by atoms with E-state index in [1.54, 1.807) is 0 Å². The van der Waals surface area contributed by atoms with Crippen molar-refractivity contribution in [1.29, 1.82) is 0 Å². The van der Waals surface area contributed by atoms with Crippen LogP contribution >= 0.6 is 0 Å². The number of fused-ring (bicyclic) bond motifs is 1. The lowest BCUT2D eigenvalue weighted by atomic mass is 9.87. The molecule has 4 N–H and O–H groups in total. The first-order valence-electron chi connectivity index (χ1n) is 8.18. The van der Waals surface area contributed by atoms with Crippen molar-refractivity contribution < 1.29 is 4.79 Å². The van der Waals surface area contributed by atoms with Crippen LogP contribution in [0.5, 0.6) is 0 Å². The van der Waals surface area contributed by atoms with Crippen molar-refractivity contribution >= 4 is 23.0 Å². The van der Waals surface area contributed by atoms with E-state index >= 15 is 0 Å². The summed E-state index contributed by atoms with van der Waals surface area (Å²) in [6, 6.07) is 3.99. The van der Waals surface area contributed by atoms with Gasteiger partial charge >= 0.3 is 0 Å². The Bertz CT molecular complexity index is 521. The van der Waals surface area contributed by atoms with Gasteiger partial charge in [-0.25, -0.2) is 0 Å². The van der Waals surface area contributed by atoms with Crippen LogP contribution in [-0.4, -0.2) is 12.5 Å². The summed E-state index contributed by atoms with van der Waals surface area (Å²) in [5.74, 6) is 0.963. The molecule has 1 aliphatic heterocycles. The minimum absolute atomic E-state index is 0.0976. The van der Waals surface area contributed by atoms with Crippen molar-refractivity contribution in [2.75, 3.05) is 22.9 Å². The third-order valence-corrected chi connectivity index (χ3v) is 4.76. The van der Waals surface area contributed by atoms with Crippen molar-refractivity contribution in [2.24, 2.45) is 5.92 Å². The number of amides is 1. The summed E-state index contributed by atoms with van der Waals surface area (Å²) in [6.45, 7) is 0.960. The zero-order valence-corrected chi connectivity index (χ0v) is 12.6. The second-order valence-corrected chi connectivity index (χ2v) is 6.36. The van der Waals surface area contributed by atoms with Gasteiger partial charge in [0.15, 0.2) is 0 Å². The number of carbonyl (C=O) groups excluding carboxylic acids is 1. The van der Waals surface area contributed by atoms with Crippen molar-refractivity contribution in [3.8, 4) is 0 Å². The Balaban J connectivity index is 1.59. The molecule has 2 aliphatic rings. The van der Waals surface area contributed by atoms with E-state index in [1.807, 2.05) is 12.1 Å². The van der Waals surface area contributed by atoms with Crippen LogP contribution in [0.1, 0.15) is 50.5 Å². The highest BCUT2D eigenvalue weighted by molar-refractivity contribution is 5.95. The molecule has 0 aromatic heterocycles. The van der Waals surface area contributed by atoms with Crippen molar-refractivity contribution in [3.63, 3.8) is 0 Å². The molecule has 3 rings (SSSR count). The van der Waals surface area contributed by atoms with Gasteiger partial charge in [-0.15, -0.1) is 0 Å². The lowest BCUT2D eigenvalue weighted by Crippen LogP contribution is -2.20. The first-order valence-corrected chi connectivity index (χ1v) is 8.18. The van der Waals surface area contributed by atoms with Crippen molar-refractivity contribution in [1.82, 2.24) is 0 Å². The van der Waals surface area contributed by atoms with Crippen LogP contribution < -0.4 is 16.4 Å². The minimum atomic E-state index is 0.0976. The SMILES string of the molecule is Nc1cc2c(cc1NCCC1CCCCC1)NC(=O)CC2. The third-order valence-electron chi connectivity index (χ3n) is 4.76. The van der Waals surface area contributed by atoms with Crippen molar-refractivity contribution in [2.45, 2.75) is 51.4 Å². The van der Waals surface area contributed by atoms with Gasteiger partial charge in [0, 0.05) is 18.7 Å². The van der Waals surface area contributed by atoms with Gasteiger partial charge < -0.3 is 16.4 Å². The van der Waals surface area contributed by atoms with Gasteiger partial charge in [-0.1, -0.05) is 32.1 Å². The maximum atomic E-state index is 11.5. The summed E-state index contributed by atoms with van der Waals surface area (Å²) in [5.41, 5.74) is 9.92. The second kappa shape index (κ2) is 6.37. The van der Waals surface area contributed by atoms with E-state index in [-0.39, 0.29) is 5.91 Å². The molecular formula is C17H25N3O. The van der Waals surface area contributed by atoms with Gasteiger partial charge in [-0.3, -0.25) is 4.79 Å². The highest BCUT2D eigenvalue weighted by Crippen LogP contribution is 2.31. The van der Waals surface area contributed by atoms with Crippen LogP contribution in [0.3, 0.4) is 0 Å². The highest BCUT2D eigenvalue weighted by atomic mass is 16.1. The summed E-state index contributed by atoms with van der Waals surface area (Å²) < 4.78 is 0. The zero-order valence-electron chi connectivity index (χ0n) is 12.6. The van der Waals surface area contributed by atoms with Crippen molar-refractivity contribution in [3.05, 3.63) is 17.7 Å². The van der Waals surface area contributed by atoms with Crippen LogP contribution in [0.15, 0.2) is 12.1 Å². The number of rotatable bonds is 4. The van der Waals surface area contributed by atoms with E-state index in [2.05, 4.69) is 10.6 Å². The predicted molar refractivity (Wildman–Crippen MR) is 87.5 cm³/mol. The molecule has 1 fully saturated rings. The Labute approximate surface area is 126 Å². The topological polar surface area (TPSA) is 67.2 Å². The van der Waals surface area contributed by atoms with Gasteiger partial charge in [0.1, 0.15) is 0 Å². The van der Waals surface area contributed by atoms with Gasteiger partial charge in [0.05, 0.1) is 11.4 Å². The fourth-order valence-corrected chi connectivity index (χ4v) is 3.49. The molecule has 21 heavy (non-hydrogen) atoms. The second-order valence-electron chi connectivity index (χ2n) is 6.36. The molecule has 0 saturated heterocycles. The average molecular weight is 287 g/mol. The van der Waals surface area contributed by atoms with E-state index < -0.39 is 0 Å². The molecule has 1 aromatic carbocycles. The van der Waals surface area contributed by atoms with E-state index in [0.717, 1.165) is 41.5 Å². The normalized spacial score (nSPS) is 19.0. The Hall–Kier alpha value is -1.71.